The minimum Gasteiger partial charge on any atom is -0.451 e. The molecule has 36 heavy (non-hydrogen) atoms. The van der Waals surface area contributed by atoms with Crippen LogP contribution in [-0.4, -0.2) is 52.7 Å². The van der Waals surface area contributed by atoms with E-state index in [4.69, 9.17) is 4.42 Å². The number of furan rings is 1. The summed E-state index contributed by atoms with van der Waals surface area (Å²) in [6.07, 6.45) is 2.50. The van der Waals surface area contributed by atoms with Crippen LogP contribution in [0.3, 0.4) is 0 Å². The fourth-order valence-corrected chi connectivity index (χ4v) is 5.02. The number of hydrogen-bond donors (Lipinski definition) is 0. The molecule has 3 aromatic rings. The Labute approximate surface area is 208 Å². The first kappa shape index (κ1) is 23.4. The van der Waals surface area contributed by atoms with Crippen molar-refractivity contribution in [2.75, 3.05) is 26.2 Å². The summed E-state index contributed by atoms with van der Waals surface area (Å²) in [4.78, 5) is 40.1. The van der Waals surface area contributed by atoms with Crippen molar-refractivity contribution in [2.45, 2.75) is 19.3 Å². The molecule has 1 spiro atoms. The van der Waals surface area contributed by atoms with Crippen molar-refractivity contribution in [3.8, 4) is 23.2 Å². The lowest BCUT2D eigenvalue weighted by molar-refractivity contribution is -0.384. The lowest BCUT2D eigenvalue weighted by Gasteiger charge is -2.38. The van der Waals surface area contributed by atoms with Gasteiger partial charge in [-0.2, -0.15) is 0 Å². The van der Waals surface area contributed by atoms with E-state index < -0.39 is 4.92 Å². The van der Waals surface area contributed by atoms with Gasteiger partial charge in [0, 0.05) is 43.7 Å². The standard InChI is InChI=1S/C28H25N3O5/c32-26(13-10-21-6-2-1-3-7-21)29-17-14-28(15-18-29)16-19-30(20-28)27(33)25-12-11-24(36-25)22-8-4-5-9-23(22)31(34)35/h1-9,11-12H,14-20H2. The average molecular weight is 484 g/mol. The van der Waals surface area contributed by atoms with Crippen LogP contribution in [0.25, 0.3) is 11.3 Å². The second-order valence-corrected chi connectivity index (χ2v) is 9.32. The fraction of sp³-hybridized carbons (Fsp3) is 0.286. The van der Waals surface area contributed by atoms with Crippen LogP contribution in [0, 0.1) is 27.4 Å². The molecule has 2 aromatic carbocycles. The number of benzene rings is 2. The van der Waals surface area contributed by atoms with E-state index in [-0.39, 0.29) is 28.7 Å². The molecule has 8 nitrogen and oxygen atoms in total. The second kappa shape index (κ2) is 9.70. The summed E-state index contributed by atoms with van der Waals surface area (Å²) in [7, 11) is 0. The number of para-hydroxylation sites is 1. The largest absolute Gasteiger partial charge is 0.451 e. The maximum absolute atomic E-state index is 13.1. The number of hydrogen-bond acceptors (Lipinski definition) is 5. The number of carbonyl (C=O) groups is 2. The zero-order valence-corrected chi connectivity index (χ0v) is 19.7. The zero-order chi connectivity index (χ0) is 25.1. The Balaban J connectivity index is 1.20. The third-order valence-electron chi connectivity index (χ3n) is 7.11. The number of amides is 2. The minimum absolute atomic E-state index is 0.0209. The van der Waals surface area contributed by atoms with Gasteiger partial charge in [0.15, 0.2) is 5.76 Å². The van der Waals surface area contributed by atoms with Crippen molar-refractivity contribution in [1.29, 1.82) is 0 Å². The van der Waals surface area contributed by atoms with E-state index in [0.29, 0.717) is 37.5 Å². The van der Waals surface area contributed by atoms with Crippen LogP contribution in [0.2, 0.25) is 0 Å². The molecular weight excluding hydrogens is 458 g/mol. The monoisotopic (exact) mass is 483 g/mol. The van der Waals surface area contributed by atoms with Gasteiger partial charge >= 0.3 is 0 Å². The molecule has 0 unspecified atom stereocenters. The molecule has 182 valence electrons. The van der Waals surface area contributed by atoms with E-state index in [9.17, 15) is 19.7 Å². The summed E-state index contributed by atoms with van der Waals surface area (Å²) < 4.78 is 5.76. The highest BCUT2D eigenvalue weighted by molar-refractivity contribution is 5.94. The first-order chi connectivity index (χ1) is 17.4. The topological polar surface area (TPSA) is 96.9 Å². The van der Waals surface area contributed by atoms with Crippen molar-refractivity contribution >= 4 is 17.5 Å². The highest BCUT2D eigenvalue weighted by atomic mass is 16.6. The summed E-state index contributed by atoms with van der Waals surface area (Å²) in [5, 5.41) is 11.3. The first-order valence-corrected chi connectivity index (χ1v) is 11.9. The predicted molar refractivity (Wildman–Crippen MR) is 133 cm³/mol. The maximum atomic E-state index is 13.1. The predicted octanol–water partition coefficient (Wildman–Crippen LogP) is 4.36. The van der Waals surface area contributed by atoms with Crippen LogP contribution in [0.4, 0.5) is 5.69 Å². The van der Waals surface area contributed by atoms with Crippen LogP contribution < -0.4 is 0 Å². The van der Waals surface area contributed by atoms with Gasteiger partial charge in [-0.05, 0) is 55.0 Å². The molecule has 0 N–H and O–H groups in total. The Morgan fingerprint density at radius 2 is 1.56 bits per heavy atom. The molecule has 2 aliphatic heterocycles. The van der Waals surface area contributed by atoms with Crippen LogP contribution >= 0.6 is 0 Å². The molecule has 0 atom stereocenters. The quantitative estimate of drug-likeness (QED) is 0.313. The van der Waals surface area contributed by atoms with Gasteiger partial charge in [-0.25, -0.2) is 0 Å². The van der Waals surface area contributed by atoms with Crippen molar-refractivity contribution < 1.29 is 18.9 Å². The van der Waals surface area contributed by atoms with Gasteiger partial charge in [0.05, 0.1) is 10.5 Å². The van der Waals surface area contributed by atoms with Gasteiger partial charge in [0.2, 0.25) is 0 Å². The molecule has 2 fully saturated rings. The summed E-state index contributed by atoms with van der Waals surface area (Å²) in [5.74, 6) is 5.74. The number of carbonyl (C=O) groups excluding carboxylic acids is 2. The van der Waals surface area contributed by atoms with Crippen molar-refractivity contribution in [3.63, 3.8) is 0 Å². The number of nitro benzene ring substituents is 1. The Morgan fingerprint density at radius 1 is 0.889 bits per heavy atom. The zero-order valence-electron chi connectivity index (χ0n) is 19.7. The van der Waals surface area contributed by atoms with Crippen molar-refractivity contribution in [2.24, 2.45) is 5.41 Å². The van der Waals surface area contributed by atoms with Gasteiger partial charge in [0.1, 0.15) is 5.76 Å². The molecule has 1 aromatic heterocycles. The third-order valence-corrected chi connectivity index (χ3v) is 7.11. The van der Waals surface area contributed by atoms with Gasteiger partial charge < -0.3 is 14.2 Å². The van der Waals surface area contributed by atoms with Crippen molar-refractivity contribution in [1.82, 2.24) is 9.80 Å². The SMILES string of the molecule is O=C(C#Cc1ccccc1)N1CCC2(CC1)CCN(C(=O)c1ccc(-c3ccccc3[N+](=O)[O-])o1)C2. The Kier molecular flexibility index (Phi) is 6.30. The minimum atomic E-state index is -0.464. The van der Waals surface area contributed by atoms with Crippen LogP contribution in [-0.2, 0) is 4.79 Å². The van der Waals surface area contributed by atoms with E-state index in [1.54, 1.807) is 40.1 Å². The number of nitrogens with zero attached hydrogens (tertiary/aromatic N) is 3. The van der Waals surface area contributed by atoms with E-state index in [1.165, 1.54) is 6.07 Å². The highest BCUT2D eigenvalue weighted by Crippen LogP contribution is 2.41. The summed E-state index contributed by atoms with van der Waals surface area (Å²) in [6.45, 7) is 2.45. The molecule has 0 saturated carbocycles. The molecule has 0 aliphatic carbocycles. The number of rotatable bonds is 3. The number of nitro groups is 1. The number of likely N-dealkylation sites (tertiary alicyclic amines) is 2. The smallest absolute Gasteiger partial charge is 0.298 e. The van der Waals surface area contributed by atoms with Gasteiger partial charge in [0.25, 0.3) is 17.5 Å². The molecule has 5 rings (SSSR count). The molecule has 0 bridgehead atoms. The third kappa shape index (κ3) is 4.73. The Bertz CT molecular complexity index is 1360. The summed E-state index contributed by atoms with van der Waals surface area (Å²) >= 11 is 0. The first-order valence-electron chi connectivity index (χ1n) is 11.9. The van der Waals surface area contributed by atoms with Crippen molar-refractivity contribution in [3.05, 3.63) is 88.2 Å². The molecule has 0 radical (unpaired) electrons. The summed E-state index contributed by atoms with van der Waals surface area (Å²) in [5.41, 5.74) is 1.06. The Hall–Kier alpha value is -4.38. The molecule has 2 saturated heterocycles. The van der Waals surface area contributed by atoms with E-state index in [1.807, 2.05) is 30.3 Å². The fourth-order valence-electron chi connectivity index (χ4n) is 5.02. The Morgan fingerprint density at radius 3 is 2.28 bits per heavy atom. The normalized spacial score (nSPS) is 16.4. The molecule has 8 heteroatoms. The molecule has 3 heterocycles. The molecule has 2 aliphatic rings. The number of piperidine rings is 1. The van der Waals surface area contributed by atoms with Gasteiger partial charge in [-0.1, -0.05) is 36.3 Å². The average Bonchev–Trinajstić information content (AvgIpc) is 3.56. The van der Waals surface area contributed by atoms with Gasteiger partial charge in [-0.15, -0.1) is 0 Å². The van der Waals surface area contributed by atoms with E-state index >= 15 is 0 Å². The molecule has 2 amide bonds. The van der Waals surface area contributed by atoms with Crippen LogP contribution in [0.5, 0.6) is 0 Å². The second-order valence-electron chi connectivity index (χ2n) is 9.32. The lowest BCUT2D eigenvalue weighted by atomic mass is 9.78. The van der Waals surface area contributed by atoms with Crippen LogP contribution in [0.1, 0.15) is 35.4 Å². The lowest BCUT2D eigenvalue weighted by Crippen LogP contribution is -2.44. The van der Waals surface area contributed by atoms with E-state index in [2.05, 4.69) is 11.8 Å². The maximum Gasteiger partial charge on any atom is 0.298 e. The van der Waals surface area contributed by atoms with Gasteiger partial charge in [-0.3, -0.25) is 19.7 Å². The van der Waals surface area contributed by atoms with E-state index in [0.717, 1.165) is 24.8 Å². The highest BCUT2D eigenvalue weighted by Gasteiger charge is 2.43. The summed E-state index contributed by atoms with van der Waals surface area (Å²) in [6, 6.07) is 18.9. The molecular formula is C28H25N3O5. The van der Waals surface area contributed by atoms with Crippen LogP contribution in [0.15, 0.2) is 71.1 Å².